The molecule has 4 nitrogen and oxygen atoms in total. The van der Waals surface area contributed by atoms with Gasteiger partial charge in [-0.3, -0.25) is 4.90 Å². The van der Waals surface area contributed by atoms with Crippen LogP contribution < -0.4 is 5.73 Å². The van der Waals surface area contributed by atoms with Gasteiger partial charge in [0, 0.05) is 31.2 Å². The van der Waals surface area contributed by atoms with E-state index in [2.05, 4.69) is 44.7 Å². The maximum absolute atomic E-state index is 9.65. The molecule has 1 aliphatic heterocycles. The number of likely N-dealkylation sites (N-methyl/N-ethyl adjacent to an activating group) is 1. The van der Waals surface area contributed by atoms with E-state index in [1.807, 2.05) is 0 Å². The third-order valence-corrected chi connectivity index (χ3v) is 4.16. The van der Waals surface area contributed by atoms with E-state index in [4.69, 9.17) is 5.73 Å². The van der Waals surface area contributed by atoms with Crippen molar-refractivity contribution in [2.75, 3.05) is 33.8 Å². The van der Waals surface area contributed by atoms with Crippen LogP contribution in [0, 0.1) is 11.8 Å². The van der Waals surface area contributed by atoms with Crippen LogP contribution in [-0.4, -0.2) is 66.8 Å². The van der Waals surface area contributed by atoms with Crippen LogP contribution in [-0.2, 0) is 0 Å². The molecule has 3 N–H and O–H groups in total. The summed E-state index contributed by atoms with van der Waals surface area (Å²) in [5.41, 5.74) is 6.26. The minimum absolute atomic E-state index is 0.0723. The van der Waals surface area contributed by atoms with E-state index in [1.54, 1.807) is 0 Å². The van der Waals surface area contributed by atoms with E-state index >= 15 is 0 Å². The van der Waals surface area contributed by atoms with Crippen LogP contribution in [0.1, 0.15) is 27.2 Å². The first-order chi connectivity index (χ1) is 8.36. The van der Waals surface area contributed by atoms with Crippen LogP contribution in [0.5, 0.6) is 0 Å². The van der Waals surface area contributed by atoms with Crippen LogP contribution in [0.2, 0.25) is 0 Å². The highest BCUT2D eigenvalue weighted by Gasteiger charge is 2.36. The maximum Gasteiger partial charge on any atom is 0.0601 e. The molecule has 4 heteroatoms. The summed E-state index contributed by atoms with van der Waals surface area (Å²) < 4.78 is 0. The Labute approximate surface area is 112 Å². The van der Waals surface area contributed by atoms with Gasteiger partial charge in [0.2, 0.25) is 0 Å². The van der Waals surface area contributed by atoms with Crippen LogP contribution in [0.3, 0.4) is 0 Å². The summed E-state index contributed by atoms with van der Waals surface area (Å²) in [5.74, 6) is 1.22. The lowest BCUT2D eigenvalue weighted by atomic mass is 9.98. The number of aliphatic hydroxyl groups is 1. The number of rotatable bonds is 6. The number of nitrogens with two attached hydrogens (primary N) is 1. The van der Waals surface area contributed by atoms with E-state index in [1.165, 1.54) is 0 Å². The topological polar surface area (TPSA) is 52.7 Å². The monoisotopic (exact) mass is 257 g/mol. The Bertz CT molecular complexity index is 245. The summed E-state index contributed by atoms with van der Waals surface area (Å²) in [7, 11) is 4.26. The molecule has 0 radical (unpaired) electrons. The average molecular weight is 257 g/mol. The van der Waals surface area contributed by atoms with Gasteiger partial charge in [0.25, 0.3) is 0 Å². The molecule has 4 unspecified atom stereocenters. The molecule has 1 heterocycles. The van der Waals surface area contributed by atoms with Gasteiger partial charge in [0.1, 0.15) is 0 Å². The fourth-order valence-corrected chi connectivity index (χ4v) is 3.15. The molecular weight excluding hydrogens is 226 g/mol. The molecule has 0 aliphatic carbocycles. The van der Waals surface area contributed by atoms with Gasteiger partial charge in [0.15, 0.2) is 0 Å². The Morgan fingerprint density at radius 3 is 2.33 bits per heavy atom. The summed E-state index contributed by atoms with van der Waals surface area (Å²) in [6.07, 6.45) is 0.975. The molecule has 0 aromatic carbocycles. The molecule has 1 fully saturated rings. The second-order valence-electron chi connectivity index (χ2n) is 6.51. The van der Waals surface area contributed by atoms with Crippen molar-refractivity contribution in [2.45, 2.75) is 45.3 Å². The molecule has 0 bridgehead atoms. The molecule has 1 rings (SSSR count). The third kappa shape index (κ3) is 3.92. The fraction of sp³-hybridized carbons (Fsp3) is 1.00. The molecule has 108 valence electrons. The Balaban J connectivity index is 2.62. The minimum atomic E-state index is 0.0723. The van der Waals surface area contributed by atoms with Crippen molar-refractivity contribution in [3.8, 4) is 0 Å². The summed E-state index contributed by atoms with van der Waals surface area (Å²) in [5, 5.41) is 9.65. The van der Waals surface area contributed by atoms with E-state index in [9.17, 15) is 5.11 Å². The largest absolute Gasteiger partial charge is 0.395 e. The number of nitrogens with zero attached hydrogens (tertiary/aromatic N) is 2. The summed E-state index contributed by atoms with van der Waals surface area (Å²) in [6, 6.07) is 0.758. The number of likely N-dealkylation sites (tertiary alicyclic amines) is 1. The van der Waals surface area contributed by atoms with Gasteiger partial charge in [-0.15, -0.1) is 0 Å². The molecule has 4 atom stereocenters. The summed E-state index contributed by atoms with van der Waals surface area (Å²) in [6.45, 7) is 8.88. The lowest BCUT2D eigenvalue weighted by Gasteiger charge is -2.32. The molecule has 0 saturated carbocycles. The molecule has 0 spiro atoms. The van der Waals surface area contributed by atoms with Crippen LogP contribution >= 0.6 is 0 Å². The van der Waals surface area contributed by atoms with Crippen molar-refractivity contribution < 1.29 is 5.11 Å². The number of hydrogen-bond acceptors (Lipinski definition) is 4. The SMILES string of the molecule is CC(C)CC(N)C(CO)N1CC(C)C(N(C)C)C1. The highest BCUT2D eigenvalue weighted by atomic mass is 16.3. The molecule has 1 saturated heterocycles. The predicted octanol–water partition coefficient (Wildman–Crippen LogP) is 0.603. The Morgan fingerprint density at radius 1 is 1.33 bits per heavy atom. The minimum Gasteiger partial charge on any atom is -0.395 e. The van der Waals surface area contributed by atoms with E-state index in [-0.39, 0.29) is 18.7 Å². The molecule has 0 aromatic heterocycles. The summed E-state index contributed by atoms with van der Waals surface area (Å²) in [4.78, 5) is 4.66. The van der Waals surface area contributed by atoms with Crippen molar-refractivity contribution in [1.29, 1.82) is 0 Å². The van der Waals surface area contributed by atoms with E-state index in [0.717, 1.165) is 19.5 Å². The van der Waals surface area contributed by atoms with Gasteiger partial charge in [-0.05, 0) is 32.4 Å². The van der Waals surface area contributed by atoms with E-state index < -0.39 is 0 Å². The van der Waals surface area contributed by atoms with Crippen molar-refractivity contribution in [3.63, 3.8) is 0 Å². The highest BCUT2D eigenvalue weighted by Crippen LogP contribution is 2.24. The van der Waals surface area contributed by atoms with Crippen molar-refractivity contribution in [3.05, 3.63) is 0 Å². The second kappa shape index (κ2) is 6.85. The zero-order valence-corrected chi connectivity index (χ0v) is 12.6. The highest BCUT2D eigenvalue weighted by molar-refractivity contribution is 4.93. The van der Waals surface area contributed by atoms with Gasteiger partial charge in [-0.1, -0.05) is 20.8 Å². The zero-order chi connectivity index (χ0) is 13.9. The van der Waals surface area contributed by atoms with Crippen LogP contribution in [0.4, 0.5) is 0 Å². The number of hydrogen-bond donors (Lipinski definition) is 2. The second-order valence-corrected chi connectivity index (χ2v) is 6.51. The normalized spacial score (nSPS) is 29.2. The molecule has 0 amide bonds. The summed E-state index contributed by atoms with van der Waals surface area (Å²) >= 11 is 0. The first kappa shape index (κ1) is 15.9. The predicted molar refractivity (Wildman–Crippen MR) is 76.5 cm³/mol. The molecule has 1 aliphatic rings. The maximum atomic E-state index is 9.65. The quantitative estimate of drug-likeness (QED) is 0.732. The van der Waals surface area contributed by atoms with Crippen molar-refractivity contribution >= 4 is 0 Å². The Kier molecular flexibility index (Phi) is 6.05. The molecular formula is C14H31N3O. The first-order valence-corrected chi connectivity index (χ1v) is 7.13. The smallest absolute Gasteiger partial charge is 0.0601 e. The van der Waals surface area contributed by atoms with Crippen molar-refractivity contribution in [2.24, 2.45) is 17.6 Å². The van der Waals surface area contributed by atoms with Crippen molar-refractivity contribution in [1.82, 2.24) is 9.80 Å². The van der Waals surface area contributed by atoms with Gasteiger partial charge >= 0.3 is 0 Å². The molecule has 0 aromatic rings. The van der Waals surface area contributed by atoms with Crippen LogP contribution in [0.25, 0.3) is 0 Å². The molecule has 18 heavy (non-hydrogen) atoms. The lowest BCUT2D eigenvalue weighted by Crippen LogP contribution is -2.50. The number of aliphatic hydroxyl groups excluding tert-OH is 1. The zero-order valence-electron chi connectivity index (χ0n) is 12.6. The van der Waals surface area contributed by atoms with Gasteiger partial charge in [-0.25, -0.2) is 0 Å². The van der Waals surface area contributed by atoms with E-state index in [0.29, 0.717) is 17.9 Å². The fourth-order valence-electron chi connectivity index (χ4n) is 3.15. The standard InChI is InChI=1S/C14H31N3O/c1-10(2)6-12(15)14(9-18)17-7-11(3)13(8-17)16(4)5/h10-14,18H,6-9,15H2,1-5H3. The Hall–Kier alpha value is -0.160. The average Bonchev–Trinajstić information content (AvgIpc) is 2.60. The Morgan fingerprint density at radius 2 is 1.94 bits per heavy atom. The van der Waals surface area contributed by atoms with Gasteiger partial charge in [0.05, 0.1) is 6.61 Å². The van der Waals surface area contributed by atoms with Gasteiger partial charge < -0.3 is 15.7 Å². The first-order valence-electron chi connectivity index (χ1n) is 7.13. The van der Waals surface area contributed by atoms with Gasteiger partial charge in [-0.2, -0.15) is 0 Å². The van der Waals surface area contributed by atoms with Crippen LogP contribution in [0.15, 0.2) is 0 Å². The third-order valence-electron chi connectivity index (χ3n) is 4.16. The lowest BCUT2D eigenvalue weighted by molar-refractivity contribution is 0.111.